The average molecular weight is 545 g/mol. The van der Waals surface area contributed by atoms with Crippen molar-refractivity contribution in [1.82, 2.24) is 14.6 Å². The zero-order chi connectivity index (χ0) is 25.7. The van der Waals surface area contributed by atoms with Gasteiger partial charge in [-0.1, -0.05) is 0 Å². The van der Waals surface area contributed by atoms with Gasteiger partial charge in [-0.25, -0.2) is 14.6 Å². The molecule has 0 radical (unpaired) electrons. The zero-order valence-electron chi connectivity index (χ0n) is 20.9. The second kappa shape index (κ2) is 9.52. The lowest BCUT2D eigenvalue weighted by Crippen LogP contribution is -2.41. The van der Waals surface area contributed by atoms with Gasteiger partial charge in [0.15, 0.2) is 16.5 Å². The SMILES string of the molecule is COc1cc(OCc2csc(C3(O)CC(C)OC(C)C3)n2)c2cc(-c3cn4c(n3)SC(OC)N4)oc2c1. The van der Waals surface area contributed by atoms with Crippen molar-refractivity contribution in [2.45, 2.75) is 61.8 Å². The van der Waals surface area contributed by atoms with Crippen LogP contribution >= 0.6 is 23.1 Å². The van der Waals surface area contributed by atoms with E-state index in [9.17, 15) is 5.11 Å². The Bertz CT molecular complexity index is 1400. The molecule has 1 aromatic carbocycles. The molecule has 10 nitrogen and oxygen atoms in total. The molecule has 2 N–H and O–H groups in total. The molecule has 1 saturated heterocycles. The largest absolute Gasteiger partial charge is 0.496 e. The third-order valence-electron chi connectivity index (χ3n) is 6.45. The fourth-order valence-electron chi connectivity index (χ4n) is 4.88. The quantitative estimate of drug-likeness (QED) is 0.340. The van der Waals surface area contributed by atoms with Crippen LogP contribution in [0.3, 0.4) is 0 Å². The van der Waals surface area contributed by atoms with Crippen molar-refractivity contribution in [3.63, 3.8) is 0 Å². The van der Waals surface area contributed by atoms with E-state index in [1.54, 1.807) is 14.2 Å². The molecule has 0 bridgehead atoms. The number of thioether (sulfide) groups is 1. The van der Waals surface area contributed by atoms with Gasteiger partial charge < -0.3 is 28.5 Å². The number of hydrogen-bond acceptors (Lipinski definition) is 11. The molecule has 3 aromatic heterocycles. The Morgan fingerprint density at radius 1 is 1.19 bits per heavy atom. The van der Waals surface area contributed by atoms with Gasteiger partial charge in [0.25, 0.3) is 0 Å². The molecule has 0 spiro atoms. The molecule has 196 valence electrons. The van der Waals surface area contributed by atoms with Crippen molar-refractivity contribution in [2.75, 3.05) is 19.6 Å². The first-order valence-corrected chi connectivity index (χ1v) is 13.7. The molecule has 0 saturated carbocycles. The number of rotatable bonds is 7. The van der Waals surface area contributed by atoms with E-state index in [0.717, 1.165) is 16.2 Å². The summed E-state index contributed by atoms with van der Waals surface area (Å²) < 4.78 is 30.7. The molecule has 2 aliphatic rings. The van der Waals surface area contributed by atoms with Gasteiger partial charge in [0.1, 0.15) is 40.0 Å². The molecule has 12 heteroatoms. The van der Waals surface area contributed by atoms with Crippen LogP contribution in [-0.2, 0) is 21.7 Å². The summed E-state index contributed by atoms with van der Waals surface area (Å²) in [6, 6.07) is 5.58. The Balaban J connectivity index is 1.24. The highest BCUT2D eigenvalue weighted by Crippen LogP contribution is 2.40. The fourth-order valence-corrected chi connectivity index (χ4v) is 6.63. The molecule has 0 amide bonds. The van der Waals surface area contributed by atoms with E-state index in [0.29, 0.717) is 46.4 Å². The highest BCUT2D eigenvalue weighted by Gasteiger charge is 2.40. The third kappa shape index (κ3) is 4.68. The minimum absolute atomic E-state index is 0.0232. The zero-order valence-corrected chi connectivity index (χ0v) is 22.5. The van der Waals surface area contributed by atoms with Crippen LogP contribution in [0.25, 0.3) is 22.4 Å². The second-order valence-corrected chi connectivity index (χ2v) is 11.3. The first-order valence-electron chi connectivity index (χ1n) is 12.0. The van der Waals surface area contributed by atoms with Gasteiger partial charge in [0.2, 0.25) is 0 Å². The molecule has 6 rings (SSSR count). The van der Waals surface area contributed by atoms with Crippen LogP contribution in [0.2, 0.25) is 0 Å². The highest BCUT2D eigenvalue weighted by atomic mass is 32.2. The Morgan fingerprint density at radius 3 is 2.73 bits per heavy atom. The normalized spacial score (nSPS) is 25.3. The molecule has 3 unspecified atom stereocenters. The fraction of sp³-hybridized carbons (Fsp3) is 0.440. The van der Waals surface area contributed by atoms with Gasteiger partial charge in [0.05, 0.1) is 36.6 Å². The summed E-state index contributed by atoms with van der Waals surface area (Å²) >= 11 is 2.94. The molecule has 5 heterocycles. The maximum absolute atomic E-state index is 11.3. The number of thiazole rings is 1. The van der Waals surface area contributed by atoms with E-state index >= 15 is 0 Å². The standard InChI is InChI=1S/C25H28N4O6S2/c1-13-8-25(30,9-14(2)34-13)22-26-15(12-36-22)11-33-19-5-16(31-3)6-20-17(19)7-21(35-20)18-10-29-23(27-18)37-24(28-29)32-4/h5-7,10,12-14,24,28,30H,8-9,11H2,1-4H3. The monoisotopic (exact) mass is 544 g/mol. The van der Waals surface area contributed by atoms with Crippen molar-refractivity contribution >= 4 is 34.1 Å². The molecule has 2 aliphatic heterocycles. The Hall–Kier alpha value is -2.77. The predicted molar refractivity (Wildman–Crippen MR) is 140 cm³/mol. The summed E-state index contributed by atoms with van der Waals surface area (Å²) in [5, 5.41) is 15.5. The van der Waals surface area contributed by atoms with Gasteiger partial charge in [-0.05, 0) is 31.7 Å². The molecular weight excluding hydrogens is 516 g/mol. The van der Waals surface area contributed by atoms with Crippen molar-refractivity contribution in [3.8, 4) is 23.0 Å². The van der Waals surface area contributed by atoms with Crippen molar-refractivity contribution < 1.29 is 28.5 Å². The average Bonchev–Trinajstić information content (AvgIpc) is 3.63. The molecule has 37 heavy (non-hydrogen) atoms. The minimum atomic E-state index is -0.982. The maximum atomic E-state index is 11.3. The number of aromatic nitrogens is 3. The summed E-state index contributed by atoms with van der Waals surface area (Å²) in [5.74, 6) is 1.85. The van der Waals surface area contributed by atoms with Crippen molar-refractivity contribution in [3.05, 3.63) is 40.5 Å². The van der Waals surface area contributed by atoms with Gasteiger partial charge in [-0.15, -0.1) is 11.3 Å². The number of benzene rings is 1. The van der Waals surface area contributed by atoms with Crippen LogP contribution in [0, 0.1) is 0 Å². The first-order chi connectivity index (χ1) is 17.8. The number of aliphatic hydroxyl groups is 1. The predicted octanol–water partition coefficient (Wildman–Crippen LogP) is 4.69. The van der Waals surface area contributed by atoms with E-state index in [4.69, 9.17) is 28.3 Å². The topological polar surface area (TPSA) is 113 Å². The number of furan rings is 1. The van der Waals surface area contributed by atoms with Crippen LogP contribution in [-0.4, -0.2) is 51.7 Å². The number of hydrogen-bond donors (Lipinski definition) is 2. The van der Waals surface area contributed by atoms with E-state index in [-0.39, 0.29) is 24.4 Å². The van der Waals surface area contributed by atoms with Gasteiger partial charge in [0, 0.05) is 37.5 Å². The smallest absolute Gasteiger partial charge is 0.196 e. The number of nitrogens with zero attached hydrogens (tertiary/aromatic N) is 3. The van der Waals surface area contributed by atoms with Crippen molar-refractivity contribution in [2.24, 2.45) is 0 Å². The molecule has 3 atom stereocenters. The van der Waals surface area contributed by atoms with E-state index in [1.807, 2.05) is 48.3 Å². The van der Waals surface area contributed by atoms with E-state index in [2.05, 4.69) is 10.4 Å². The lowest BCUT2D eigenvalue weighted by molar-refractivity contribution is -0.135. The number of imidazole rings is 1. The summed E-state index contributed by atoms with van der Waals surface area (Å²) in [4.78, 5) is 9.37. The first kappa shape index (κ1) is 24.6. The molecule has 4 aromatic rings. The number of nitrogens with one attached hydrogen (secondary N) is 1. The van der Waals surface area contributed by atoms with Crippen LogP contribution < -0.4 is 14.9 Å². The Morgan fingerprint density at radius 2 is 2.00 bits per heavy atom. The Labute approximate surface area is 221 Å². The van der Waals surface area contributed by atoms with Crippen LogP contribution in [0.5, 0.6) is 11.5 Å². The lowest BCUT2D eigenvalue weighted by atomic mass is 9.88. The number of methoxy groups -OCH3 is 2. The number of ether oxygens (including phenoxy) is 4. The van der Waals surface area contributed by atoms with Crippen LogP contribution in [0.1, 0.15) is 37.4 Å². The molecular formula is C25H28N4O6S2. The summed E-state index contributed by atoms with van der Waals surface area (Å²) in [6.07, 6.45) is 2.87. The Kier molecular flexibility index (Phi) is 6.32. The van der Waals surface area contributed by atoms with Crippen LogP contribution in [0.4, 0.5) is 0 Å². The third-order valence-corrected chi connectivity index (χ3v) is 8.54. The summed E-state index contributed by atoms with van der Waals surface area (Å²) in [5.41, 5.74) is 4.12. The maximum Gasteiger partial charge on any atom is 0.196 e. The van der Waals surface area contributed by atoms with E-state index in [1.165, 1.54) is 23.1 Å². The molecule has 1 fully saturated rings. The minimum Gasteiger partial charge on any atom is -0.496 e. The number of fused-ring (bicyclic) bond motifs is 2. The van der Waals surface area contributed by atoms with Crippen LogP contribution in [0.15, 0.2) is 39.3 Å². The van der Waals surface area contributed by atoms with Gasteiger partial charge in [-0.3, -0.25) is 5.43 Å². The summed E-state index contributed by atoms with van der Waals surface area (Å²) in [6.45, 7) is 4.21. The molecule has 0 aliphatic carbocycles. The van der Waals surface area contributed by atoms with E-state index < -0.39 is 5.60 Å². The highest BCUT2D eigenvalue weighted by molar-refractivity contribution is 7.99. The van der Waals surface area contributed by atoms with Crippen molar-refractivity contribution in [1.29, 1.82) is 0 Å². The summed E-state index contributed by atoms with van der Waals surface area (Å²) in [7, 11) is 3.25. The second-order valence-electron chi connectivity index (χ2n) is 9.37. The van der Waals surface area contributed by atoms with Gasteiger partial charge in [-0.2, -0.15) is 0 Å². The lowest BCUT2D eigenvalue weighted by Gasteiger charge is -2.37. The van der Waals surface area contributed by atoms with Gasteiger partial charge >= 0.3 is 0 Å².